The number of hydrogen-bond donors (Lipinski definition) is 1. The van der Waals surface area contributed by atoms with Gasteiger partial charge in [0, 0.05) is 5.56 Å². The van der Waals surface area contributed by atoms with Crippen LogP contribution in [0.3, 0.4) is 0 Å². The largest absolute Gasteiger partial charge is 0.451 e. The number of unbranched alkanes of at least 4 members (excludes halogenated alkanes) is 2. The summed E-state index contributed by atoms with van der Waals surface area (Å²) in [6.45, 7) is 2.01. The summed E-state index contributed by atoms with van der Waals surface area (Å²) in [7, 11) is 0. The lowest BCUT2D eigenvalue weighted by atomic mass is 9.96. The van der Waals surface area contributed by atoms with Crippen molar-refractivity contribution in [2.24, 2.45) is 0 Å². The van der Waals surface area contributed by atoms with Crippen molar-refractivity contribution in [3.63, 3.8) is 0 Å². The highest BCUT2D eigenvalue weighted by atomic mass is 19.4. The average Bonchev–Trinajstić information content (AvgIpc) is 2.75. The van der Waals surface area contributed by atoms with Gasteiger partial charge in [0.1, 0.15) is 0 Å². The zero-order valence-corrected chi connectivity index (χ0v) is 11.6. The molecule has 0 saturated heterocycles. The first-order chi connectivity index (χ1) is 9.84. The normalized spacial score (nSPS) is 19.3. The fourth-order valence-corrected chi connectivity index (χ4v) is 2.44. The number of cyclic esters (lactones) is 1. The summed E-state index contributed by atoms with van der Waals surface area (Å²) >= 11 is 0. The van der Waals surface area contributed by atoms with Gasteiger partial charge in [-0.3, -0.25) is 0 Å². The fourth-order valence-electron chi connectivity index (χ4n) is 2.44. The molecule has 0 bridgehead atoms. The summed E-state index contributed by atoms with van der Waals surface area (Å²) in [5.41, 5.74) is -0.619. The number of fused-ring (bicyclic) bond motifs is 1. The van der Waals surface area contributed by atoms with Gasteiger partial charge in [0.2, 0.25) is 0 Å². The lowest BCUT2D eigenvalue weighted by Gasteiger charge is -2.18. The van der Waals surface area contributed by atoms with Gasteiger partial charge in [-0.1, -0.05) is 26.2 Å². The van der Waals surface area contributed by atoms with E-state index in [1.165, 1.54) is 0 Å². The molecule has 0 radical (unpaired) electrons. The average molecular weight is 302 g/mol. The van der Waals surface area contributed by atoms with E-state index in [9.17, 15) is 23.1 Å². The molecular formula is C15H17F3O3. The molecule has 1 aliphatic heterocycles. The highest BCUT2D eigenvalue weighted by Crippen LogP contribution is 2.38. The van der Waals surface area contributed by atoms with E-state index in [4.69, 9.17) is 4.74 Å². The van der Waals surface area contributed by atoms with Gasteiger partial charge in [-0.2, -0.15) is 13.2 Å². The van der Waals surface area contributed by atoms with E-state index in [0.29, 0.717) is 6.42 Å². The molecule has 116 valence electrons. The highest BCUT2D eigenvalue weighted by Gasteiger charge is 2.39. The van der Waals surface area contributed by atoms with Crippen LogP contribution in [0.25, 0.3) is 0 Å². The maximum Gasteiger partial charge on any atom is 0.416 e. The number of aliphatic hydroxyl groups is 1. The van der Waals surface area contributed by atoms with Crippen LogP contribution in [0.15, 0.2) is 18.2 Å². The third-order valence-corrected chi connectivity index (χ3v) is 3.59. The first-order valence-corrected chi connectivity index (χ1v) is 6.94. The van der Waals surface area contributed by atoms with E-state index in [-0.39, 0.29) is 11.1 Å². The zero-order valence-electron chi connectivity index (χ0n) is 11.6. The molecule has 0 unspecified atom stereocenters. The summed E-state index contributed by atoms with van der Waals surface area (Å²) in [5.74, 6) is -0.682. The summed E-state index contributed by atoms with van der Waals surface area (Å²) in [5, 5.41) is 10.1. The number of hydrogen-bond acceptors (Lipinski definition) is 3. The van der Waals surface area contributed by atoms with Crippen molar-refractivity contribution in [3.05, 3.63) is 34.9 Å². The van der Waals surface area contributed by atoms with E-state index >= 15 is 0 Å². The van der Waals surface area contributed by atoms with Gasteiger partial charge < -0.3 is 9.84 Å². The quantitative estimate of drug-likeness (QED) is 0.663. The minimum atomic E-state index is -4.49. The molecule has 0 aromatic heterocycles. The standard InChI is InChI=1S/C15H17F3O3/c1-2-3-4-5-12(19)13-11-8-9(15(16,17)18)6-7-10(11)14(20)21-13/h6-8,12-13,19H,2-5H2,1H3/t12-,13+/m1/s1. The number of ether oxygens (including phenoxy) is 1. The maximum absolute atomic E-state index is 12.7. The molecule has 6 heteroatoms. The number of halogens is 3. The molecule has 1 aliphatic rings. The smallest absolute Gasteiger partial charge is 0.416 e. The topological polar surface area (TPSA) is 46.5 Å². The van der Waals surface area contributed by atoms with Crippen LogP contribution >= 0.6 is 0 Å². The molecule has 0 saturated carbocycles. The van der Waals surface area contributed by atoms with Crippen LogP contribution < -0.4 is 0 Å². The van der Waals surface area contributed by atoms with Crippen molar-refractivity contribution in [2.75, 3.05) is 0 Å². The Morgan fingerprint density at radius 3 is 2.67 bits per heavy atom. The van der Waals surface area contributed by atoms with Crippen LogP contribution in [0, 0.1) is 0 Å². The van der Waals surface area contributed by atoms with E-state index in [1.54, 1.807) is 0 Å². The SMILES string of the molecule is CCCCC[C@@H](O)[C@H]1OC(=O)c2ccc(C(F)(F)F)cc21. The van der Waals surface area contributed by atoms with Gasteiger partial charge in [0.15, 0.2) is 6.10 Å². The van der Waals surface area contributed by atoms with Crippen LogP contribution in [0.5, 0.6) is 0 Å². The number of esters is 1. The molecule has 1 aromatic carbocycles. The predicted molar refractivity (Wildman–Crippen MR) is 69.7 cm³/mol. The van der Waals surface area contributed by atoms with Gasteiger partial charge in [0.05, 0.1) is 17.2 Å². The molecule has 0 fully saturated rings. The van der Waals surface area contributed by atoms with Crippen LogP contribution in [-0.2, 0) is 10.9 Å². The minimum absolute atomic E-state index is 0.0996. The first kappa shape index (κ1) is 15.8. The molecule has 2 rings (SSSR count). The highest BCUT2D eigenvalue weighted by molar-refractivity contribution is 5.94. The molecule has 3 nitrogen and oxygen atoms in total. The summed E-state index contributed by atoms with van der Waals surface area (Å²) < 4.78 is 43.3. The Labute approximate surface area is 120 Å². The Morgan fingerprint density at radius 2 is 2.05 bits per heavy atom. The van der Waals surface area contributed by atoms with Crippen molar-refractivity contribution in [3.8, 4) is 0 Å². The molecule has 0 aliphatic carbocycles. The van der Waals surface area contributed by atoms with Crippen molar-refractivity contribution < 1.29 is 27.8 Å². The maximum atomic E-state index is 12.7. The molecule has 1 heterocycles. The van der Waals surface area contributed by atoms with E-state index in [0.717, 1.165) is 37.5 Å². The number of carbonyl (C=O) groups is 1. The van der Waals surface area contributed by atoms with E-state index in [1.807, 2.05) is 6.92 Å². The molecule has 0 spiro atoms. The van der Waals surface area contributed by atoms with E-state index < -0.39 is 29.9 Å². The zero-order chi connectivity index (χ0) is 15.6. The minimum Gasteiger partial charge on any atom is -0.451 e. The Bertz CT molecular complexity index is 525. The first-order valence-electron chi connectivity index (χ1n) is 6.94. The lowest BCUT2D eigenvalue weighted by Crippen LogP contribution is -2.19. The van der Waals surface area contributed by atoms with Gasteiger partial charge in [-0.15, -0.1) is 0 Å². The molecule has 1 aromatic rings. The van der Waals surface area contributed by atoms with Crippen LogP contribution in [0.1, 0.15) is 60.2 Å². The van der Waals surface area contributed by atoms with E-state index in [2.05, 4.69) is 0 Å². The van der Waals surface area contributed by atoms with Crippen molar-refractivity contribution in [1.29, 1.82) is 0 Å². The molecule has 1 N–H and O–H groups in total. The summed E-state index contributed by atoms with van der Waals surface area (Å²) in [6, 6.07) is 2.86. The van der Waals surface area contributed by atoms with Gasteiger partial charge in [-0.05, 0) is 24.6 Å². The second-order valence-corrected chi connectivity index (χ2v) is 5.19. The van der Waals surface area contributed by atoms with Crippen molar-refractivity contribution >= 4 is 5.97 Å². The third kappa shape index (κ3) is 3.37. The Morgan fingerprint density at radius 1 is 1.33 bits per heavy atom. The molecule has 2 atom stereocenters. The number of rotatable bonds is 5. The van der Waals surface area contributed by atoms with Crippen LogP contribution in [-0.4, -0.2) is 17.2 Å². The second kappa shape index (κ2) is 6.05. The van der Waals surface area contributed by atoms with Crippen LogP contribution in [0.4, 0.5) is 13.2 Å². The second-order valence-electron chi connectivity index (χ2n) is 5.19. The third-order valence-electron chi connectivity index (χ3n) is 3.59. The summed E-state index contributed by atoms with van der Waals surface area (Å²) in [6.07, 6.45) is -3.48. The number of benzene rings is 1. The Kier molecular flexibility index (Phi) is 4.56. The van der Waals surface area contributed by atoms with Gasteiger partial charge in [-0.25, -0.2) is 4.79 Å². The molecular weight excluding hydrogens is 285 g/mol. The monoisotopic (exact) mass is 302 g/mol. The Balaban J connectivity index is 2.24. The number of carbonyl (C=O) groups excluding carboxylic acids is 1. The number of aliphatic hydroxyl groups excluding tert-OH is 1. The lowest BCUT2D eigenvalue weighted by molar-refractivity contribution is -0.137. The molecule has 21 heavy (non-hydrogen) atoms. The fraction of sp³-hybridized carbons (Fsp3) is 0.533. The Hall–Kier alpha value is -1.56. The predicted octanol–water partition coefficient (Wildman–Crippen LogP) is 3.86. The summed E-state index contributed by atoms with van der Waals surface area (Å²) in [4.78, 5) is 11.7. The van der Waals surface area contributed by atoms with Gasteiger partial charge in [0.25, 0.3) is 0 Å². The van der Waals surface area contributed by atoms with Crippen molar-refractivity contribution in [2.45, 2.75) is 51.0 Å². The van der Waals surface area contributed by atoms with Gasteiger partial charge >= 0.3 is 12.1 Å². The van der Waals surface area contributed by atoms with Crippen molar-refractivity contribution in [1.82, 2.24) is 0 Å². The number of alkyl halides is 3. The van der Waals surface area contributed by atoms with Crippen LogP contribution in [0.2, 0.25) is 0 Å². The molecule has 0 amide bonds.